The molecule has 7 heteroatoms. The Morgan fingerprint density at radius 3 is 2.73 bits per heavy atom. The second kappa shape index (κ2) is 8.23. The number of ether oxygens (including phenoxy) is 1. The highest BCUT2D eigenvalue weighted by molar-refractivity contribution is 8.01. The molecule has 1 spiro atoms. The van der Waals surface area contributed by atoms with E-state index in [2.05, 4.69) is 0 Å². The topological polar surface area (TPSA) is 49.9 Å². The smallest absolute Gasteiger partial charge is 0.268 e. The summed E-state index contributed by atoms with van der Waals surface area (Å²) in [5.74, 6) is 0.362. The summed E-state index contributed by atoms with van der Waals surface area (Å²) >= 11 is 1.46. The summed E-state index contributed by atoms with van der Waals surface area (Å²) in [5, 5.41) is 0. The first-order valence-corrected chi connectivity index (χ1v) is 11.7. The number of carbonyl (C=O) groups excluding carboxylic acids is 2. The summed E-state index contributed by atoms with van der Waals surface area (Å²) in [6, 6.07) is 19.2. The number of aryl methyl sites for hydroxylation is 1. The maximum Gasteiger partial charge on any atom is 0.268 e. The minimum Gasteiger partial charge on any atom is -0.497 e. The molecule has 0 saturated carbocycles. The lowest BCUT2D eigenvalue weighted by Crippen LogP contribution is -2.50. The number of benzene rings is 3. The van der Waals surface area contributed by atoms with E-state index in [1.165, 1.54) is 30.0 Å². The normalized spacial score (nSPS) is 19.3. The van der Waals surface area contributed by atoms with Crippen molar-refractivity contribution >= 4 is 29.3 Å². The van der Waals surface area contributed by atoms with E-state index in [0.29, 0.717) is 18.8 Å². The third-order valence-corrected chi connectivity index (χ3v) is 7.56. The van der Waals surface area contributed by atoms with Gasteiger partial charge in [-0.3, -0.25) is 9.59 Å². The number of methoxy groups -OCH3 is 1. The lowest BCUT2D eigenvalue weighted by molar-refractivity contribution is -0.123. The molecule has 168 valence electrons. The summed E-state index contributed by atoms with van der Waals surface area (Å²) in [4.78, 5) is 29.8. The summed E-state index contributed by atoms with van der Waals surface area (Å²) in [7, 11) is 1.61. The van der Waals surface area contributed by atoms with Gasteiger partial charge in [-0.1, -0.05) is 35.9 Å². The monoisotopic (exact) mass is 462 g/mol. The Labute approximate surface area is 196 Å². The van der Waals surface area contributed by atoms with Crippen molar-refractivity contribution in [2.24, 2.45) is 0 Å². The zero-order chi connectivity index (χ0) is 23.2. The van der Waals surface area contributed by atoms with Crippen LogP contribution in [0.2, 0.25) is 0 Å². The Hall–Kier alpha value is -3.32. The molecule has 2 amide bonds. The molecule has 3 aromatic rings. The molecule has 33 heavy (non-hydrogen) atoms. The molecule has 0 bridgehead atoms. The van der Waals surface area contributed by atoms with Crippen LogP contribution in [-0.2, 0) is 16.2 Å². The largest absolute Gasteiger partial charge is 0.497 e. The SMILES string of the molecule is COc1cccc(CN2C(=O)[C@@]3(SCCN3C(=O)c3cccc(F)c3)c3cc(C)ccc32)c1. The van der Waals surface area contributed by atoms with Gasteiger partial charge in [0.05, 0.1) is 19.3 Å². The molecule has 1 atom stereocenters. The zero-order valence-corrected chi connectivity index (χ0v) is 19.2. The first-order valence-electron chi connectivity index (χ1n) is 10.7. The van der Waals surface area contributed by atoms with Crippen molar-refractivity contribution in [2.75, 3.05) is 24.3 Å². The number of anilines is 1. The van der Waals surface area contributed by atoms with E-state index in [1.54, 1.807) is 23.0 Å². The lowest BCUT2D eigenvalue weighted by atomic mass is 10.0. The van der Waals surface area contributed by atoms with Crippen molar-refractivity contribution in [3.63, 3.8) is 0 Å². The van der Waals surface area contributed by atoms with Gasteiger partial charge in [-0.25, -0.2) is 4.39 Å². The summed E-state index contributed by atoms with van der Waals surface area (Å²) in [5.41, 5.74) is 3.78. The van der Waals surface area contributed by atoms with Gasteiger partial charge in [-0.2, -0.15) is 0 Å². The van der Waals surface area contributed by atoms with Crippen LogP contribution in [0.5, 0.6) is 5.75 Å². The van der Waals surface area contributed by atoms with Crippen LogP contribution >= 0.6 is 11.8 Å². The number of halogens is 1. The fourth-order valence-electron chi connectivity index (χ4n) is 4.62. The first kappa shape index (κ1) is 21.5. The van der Waals surface area contributed by atoms with Crippen molar-refractivity contribution in [1.29, 1.82) is 0 Å². The average Bonchev–Trinajstić information content (AvgIpc) is 3.36. The summed E-state index contributed by atoms with van der Waals surface area (Å²) in [6.07, 6.45) is 0. The molecule has 2 aliphatic heterocycles. The fourth-order valence-corrected chi connectivity index (χ4v) is 6.07. The molecular weight excluding hydrogens is 439 g/mol. The van der Waals surface area contributed by atoms with Crippen LogP contribution in [0.15, 0.2) is 66.7 Å². The molecule has 0 N–H and O–H groups in total. The Morgan fingerprint density at radius 1 is 1.12 bits per heavy atom. The van der Waals surface area contributed by atoms with Crippen molar-refractivity contribution in [3.05, 3.63) is 94.8 Å². The highest BCUT2D eigenvalue weighted by Gasteiger charge is 2.59. The van der Waals surface area contributed by atoms with Gasteiger partial charge >= 0.3 is 0 Å². The minimum atomic E-state index is -1.16. The number of hydrogen-bond acceptors (Lipinski definition) is 4. The maximum absolute atomic E-state index is 14.1. The molecule has 0 aromatic heterocycles. The number of carbonyl (C=O) groups is 2. The van der Waals surface area contributed by atoms with Crippen LogP contribution in [-0.4, -0.2) is 36.1 Å². The number of fused-ring (bicyclic) bond motifs is 2. The third kappa shape index (κ3) is 3.47. The van der Waals surface area contributed by atoms with Gasteiger partial charge in [0.1, 0.15) is 11.6 Å². The average molecular weight is 463 g/mol. The number of nitrogens with zero attached hydrogens (tertiary/aromatic N) is 2. The highest BCUT2D eigenvalue weighted by Crippen LogP contribution is 2.55. The molecule has 1 fully saturated rings. The standard InChI is InChI=1S/C26H23FN2O3S/c1-17-9-10-23-22(13-17)26(25(31)28(23)16-18-5-3-8-21(14-18)32-2)29(11-12-33-26)24(30)19-6-4-7-20(27)15-19/h3-10,13-15H,11-12,16H2,1-2H3/t26-/m0/s1. The second-order valence-electron chi connectivity index (χ2n) is 8.22. The van der Waals surface area contributed by atoms with E-state index in [9.17, 15) is 14.0 Å². The molecule has 2 aliphatic rings. The van der Waals surface area contributed by atoms with Crippen molar-refractivity contribution in [3.8, 4) is 5.75 Å². The summed E-state index contributed by atoms with van der Waals surface area (Å²) in [6.45, 7) is 2.74. The van der Waals surface area contributed by atoms with Crippen LogP contribution in [0.3, 0.4) is 0 Å². The first-order chi connectivity index (χ1) is 15.9. The van der Waals surface area contributed by atoms with Gasteiger partial charge < -0.3 is 14.5 Å². The molecule has 2 heterocycles. The number of thioether (sulfide) groups is 1. The minimum absolute atomic E-state index is 0.154. The molecule has 3 aromatic carbocycles. The molecule has 0 unspecified atom stereocenters. The molecule has 0 radical (unpaired) electrons. The number of rotatable bonds is 4. The summed E-state index contributed by atoms with van der Waals surface area (Å²) < 4.78 is 19.2. The second-order valence-corrected chi connectivity index (χ2v) is 9.51. The number of hydrogen-bond donors (Lipinski definition) is 0. The van der Waals surface area contributed by atoms with Crippen LogP contribution < -0.4 is 9.64 Å². The predicted octanol–water partition coefficient (Wildman–Crippen LogP) is 4.73. The van der Waals surface area contributed by atoms with Gasteiger partial charge in [-0.15, -0.1) is 11.8 Å². The predicted molar refractivity (Wildman–Crippen MR) is 127 cm³/mol. The van der Waals surface area contributed by atoms with Crippen LogP contribution in [0.1, 0.15) is 27.0 Å². The lowest BCUT2D eigenvalue weighted by Gasteiger charge is -2.33. The van der Waals surface area contributed by atoms with E-state index in [0.717, 1.165) is 28.1 Å². The van der Waals surface area contributed by atoms with Crippen LogP contribution in [0.4, 0.5) is 10.1 Å². The molecule has 0 aliphatic carbocycles. The van der Waals surface area contributed by atoms with Crippen molar-refractivity contribution < 1.29 is 18.7 Å². The maximum atomic E-state index is 14.1. The molecule has 5 rings (SSSR count). The Bertz CT molecular complexity index is 1260. The molecule has 1 saturated heterocycles. The molecule has 5 nitrogen and oxygen atoms in total. The van der Waals surface area contributed by atoms with E-state index in [4.69, 9.17) is 4.74 Å². The van der Waals surface area contributed by atoms with E-state index >= 15 is 0 Å². The van der Waals surface area contributed by atoms with Gasteiger partial charge in [0.2, 0.25) is 0 Å². The fraction of sp³-hybridized carbons (Fsp3) is 0.231. The van der Waals surface area contributed by atoms with Gasteiger partial charge in [0, 0.05) is 23.4 Å². The van der Waals surface area contributed by atoms with Gasteiger partial charge in [0.15, 0.2) is 4.87 Å². The Morgan fingerprint density at radius 2 is 1.94 bits per heavy atom. The van der Waals surface area contributed by atoms with E-state index in [1.807, 2.05) is 49.4 Å². The Balaban J connectivity index is 1.59. The number of amides is 2. The van der Waals surface area contributed by atoms with Crippen LogP contribution in [0.25, 0.3) is 0 Å². The van der Waals surface area contributed by atoms with Crippen molar-refractivity contribution in [1.82, 2.24) is 4.90 Å². The Kier molecular flexibility index (Phi) is 5.37. The van der Waals surface area contributed by atoms with E-state index < -0.39 is 10.7 Å². The van der Waals surface area contributed by atoms with Crippen LogP contribution in [0, 0.1) is 12.7 Å². The zero-order valence-electron chi connectivity index (χ0n) is 18.4. The van der Waals surface area contributed by atoms with E-state index in [-0.39, 0.29) is 17.4 Å². The highest BCUT2D eigenvalue weighted by atomic mass is 32.2. The van der Waals surface area contributed by atoms with Gasteiger partial charge in [0.25, 0.3) is 11.8 Å². The quantitative estimate of drug-likeness (QED) is 0.563. The van der Waals surface area contributed by atoms with Crippen molar-refractivity contribution in [2.45, 2.75) is 18.3 Å². The molecular formula is C26H23FN2O3S. The third-order valence-electron chi connectivity index (χ3n) is 6.14. The van der Waals surface area contributed by atoms with Gasteiger partial charge in [-0.05, 0) is 48.9 Å².